The highest BCUT2D eigenvalue weighted by Gasteiger charge is 2.31. The third-order valence-corrected chi connectivity index (χ3v) is 4.59. The summed E-state index contributed by atoms with van der Waals surface area (Å²) in [6.07, 6.45) is 7.33. The first kappa shape index (κ1) is 14.8. The second-order valence-electron chi connectivity index (χ2n) is 6.29. The van der Waals surface area contributed by atoms with Crippen molar-refractivity contribution in [1.29, 1.82) is 0 Å². The standard InChI is InChI=1S/C15H28N2O2/c1-2-7-17-10-13(15(18)19)8-14(11-17)16-9-12-5-3-4-6-12/h12-14,16H,2-11H2,1H3,(H,18,19). The molecule has 2 unspecified atom stereocenters. The minimum Gasteiger partial charge on any atom is -0.481 e. The Morgan fingerprint density at radius 3 is 2.68 bits per heavy atom. The summed E-state index contributed by atoms with van der Waals surface area (Å²) in [7, 11) is 0. The van der Waals surface area contributed by atoms with Gasteiger partial charge in [0, 0.05) is 19.1 Å². The van der Waals surface area contributed by atoms with Gasteiger partial charge in [-0.3, -0.25) is 4.79 Å². The fraction of sp³-hybridized carbons (Fsp3) is 0.933. The Labute approximate surface area is 116 Å². The number of nitrogens with one attached hydrogen (secondary N) is 1. The van der Waals surface area contributed by atoms with Gasteiger partial charge in [-0.1, -0.05) is 19.8 Å². The molecule has 2 atom stereocenters. The Bertz CT molecular complexity index is 290. The molecule has 0 aromatic rings. The lowest BCUT2D eigenvalue weighted by Crippen LogP contribution is -2.51. The van der Waals surface area contributed by atoms with Crippen LogP contribution in [0.4, 0.5) is 0 Å². The van der Waals surface area contributed by atoms with Crippen molar-refractivity contribution in [2.45, 2.75) is 51.5 Å². The smallest absolute Gasteiger partial charge is 0.307 e. The molecule has 2 rings (SSSR count). The summed E-state index contributed by atoms with van der Waals surface area (Å²) in [5.41, 5.74) is 0. The Morgan fingerprint density at radius 2 is 2.05 bits per heavy atom. The van der Waals surface area contributed by atoms with E-state index in [9.17, 15) is 9.90 Å². The van der Waals surface area contributed by atoms with E-state index in [2.05, 4.69) is 17.1 Å². The van der Waals surface area contributed by atoms with Crippen molar-refractivity contribution in [1.82, 2.24) is 10.2 Å². The van der Waals surface area contributed by atoms with Crippen LogP contribution in [0, 0.1) is 11.8 Å². The normalized spacial score (nSPS) is 29.7. The van der Waals surface area contributed by atoms with Crippen LogP contribution in [0.2, 0.25) is 0 Å². The second-order valence-corrected chi connectivity index (χ2v) is 6.29. The Kier molecular flexibility index (Phi) is 5.64. The largest absolute Gasteiger partial charge is 0.481 e. The number of likely N-dealkylation sites (tertiary alicyclic amines) is 1. The second kappa shape index (κ2) is 7.25. The van der Waals surface area contributed by atoms with E-state index in [1.807, 2.05) is 0 Å². The van der Waals surface area contributed by atoms with E-state index in [0.29, 0.717) is 6.04 Å². The van der Waals surface area contributed by atoms with E-state index in [1.165, 1.54) is 25.7 Å². The van der Waals surface area contributed by atoms with Gasteiger partial charge < -0.3 is 15.3 Å². The van der Waals surface area contributed by atoms with Gasteiger partial charge in [-0.15, -0.1) is 0 Å². The molecule has 0 amide bonds. The maximum Gasteiger partial charge on any atom is 0.307 e. The molecule has 0 aromatic heterocycles. The molecular formula is C15H28N2O2. The predicted octanol–water partition coefficient (Wildman–Crippen LogP) is 1.95. The van der Waals surface area contributed by atoms with Crippen molar-refractivity contribution < 1.29 is 9.90 Å². The van der Waals surface area contributed by atoms with Gasteiger partial charge in [0.2, 0.25) is 0 Å². The molecular weight excluding hydrogens is 240 g/mol. The van der Waals surface area contributed by atoms with Crippen LogP contribution in [0.5, 0.6) is 0 Å². The quantitative estimate of drug-likeness (QED) is 0.773. The van der Waals surface area contributed by atoms with Gasteiger partial charge in [0.25, 0.3) is 0 Å². The SMILES string of the molecule is CCCN1CC(NCC2CCCC2)CC(C(=O)O)C1. The molecule has 1 heterocycles. The third-order valence-electron chi connectivity index (χ3n) is 4.59. The number of carboxylic acid groups (broad SMARTS) is 1. The number of carboxylic acids is 1. The van der Waals surface area contributed by atoms with Crippen molar-refractivity contribution in [3.63, 3.8) is 0 Å². The number of rotatable bonds is 6. The summed E-state index contributed by atoms with van der Waals surface area (Å²) in [5.74, 6) is -0.000299. The van der Waals surface area contributed by atoms with Gasteiger partial charge in [-0.05, 0) is 44.7 Å². The molecule has 4 nitrogen and oxygen atoms in total. The number of aliphatic carboxylic acids is 1. The van der Waals surface area contributed by atoms with E-state index in [1.54, 1.807) is 0 Å². The Morgan fingerprint density at radius 1 is 1.32 bits per heavy atom. The summed E-state index contributed by atoms with van der Waals surface area (Å²) < 4.78 is 0. The van der Waals surface area contributed by atoms with Gasteiger partial charge >= 0.3 is 5.97 Å². The van der Waals surface area contributed by atoms with Crippen LogP contribution >= 0.6 is 0 Å². The first-order valence-corrected chi connectivity index (χ1v) is 7.87. The molecule has 1 saturated carbocycles. The molecule has 0 radical (unpaired) electrons. The van der Waals surface area contributed by atoms with Crippen molar-refractivity contribution in [3.05, 3.63) is 0 Å². The van der Waals surface area contributed by atoms with Crippen molar-refractivity contribution in [3.8, 4) is 0 Å². The summed E-state index contributed by atoms with van der Waals surface area (Å²) in [5, 5.41) is 12.9. The monoisotopic (exact) mass is 268 g/mol. The summed E-state index contributed by atoms with van der Waals surface area (Å²) in [6.45, 7) is 6.00. The number of nitrogens with zero attached hydrogens (tertiary/aromatic N) is 1. The fourth-order valence-electron chi connectivity index (χ4n) is 3.56. The summed E-state index contributed by atoms with van der Waals surface area (Å²) in [4.78, 5) is 13.6. The molecule has 0 aromatic carbocycles. The third kappa shape index (κ3) is 4.46. The summed E-state index contributed by atoms with van der Waals surface area (Å²) in [6, 6.07) is 0.363. The number of hydrogen-bond donors (Lipinski definition) is 2. The maximum atomic E-state index is 11.3. The van der Waals surface area contributed by atoms with E-state index < -0.39 is 5.97 Å². The minimum atomic E-state index is -0.631. The molecule has 2 aliphatic rings. The zero-order valence-corrected chi connectivity index (χ0v) is 12.1. The van der Waals surface area contributed by atoms with Crippen LogP contribution in [0.25, 0.3) is 0 Å². The van der Waals surface area contributed by atoms with E-state index in [0.717, 1.165) is 44.9 Å². The van der Waals surface area contributed by atoms with Crippen LogP contribution in [-0.4, -0.2) is 48.2 Å². The molecule has 110 valence electrons. The van der Waals surface area contributed by atoms with Gasteiger partial charge in [0.05, 0.1) is 5.92 Å². The van der Waals surface area contributed by atoms with Crippen LogP contribution in [0.15, 0.2) is 0 Å². The molecule has 0 spiro atoms. The minimum absolute atomic E-state index is 0.193. The van der Waals surface area contributed by atoms with Crippen LogP contribution in [0.1, 0.15) is 45.4 Å². The van der Waals surface area contributed by atoms with E-state index in [-0.39, 0.29) is 5.92 Å². The molecule has 2 N–H and O–H groups in total. The van der Waals surface area contributed by atoms with Crippen molar-refractivity contribution in [2.75, 3.05) is 26.2 Å². The molecule has 0 bridgehead atoms. The van der Waals surface area contributed by atoms with Crippen molar-refractivity contribution >= 4 is 5.97 Å². The van der Waals surface area contributed by atoms with Gasteiger partial charge in [0.1, 0.15) is 0 Å². The highest BCUT2D eigenvalue weighted by molar-refractivity contribution is 5.70. The van der Waals surface area contributed by atoms with Crippen LogP contribution < -0.4 is 5.32 Å². The van der Waals surface area contributed by atoms with Crippen molar-refractivity contribution in [2.24, 2.45) is 11.8 Å². The lowest BCUT2D eigenvalue weighted by atomic mass is 9.93. The van der Waals surface area contributed by atoms with Gasteiger partial charge in [-0.25, -0.2) is 0 Å². The van der Waals surface area contributed by atoms with Gasteiger partial charge in [-0.2, -0.15) is 0 Å². The Balaban J connectivity index is 1.81. The number of carbonyl (C=O) groups is 1. The van der Waals surface area contributed by atoms with Gasteiger partial charge in [0.15, 0.2) is 0 Å². The first-order valence-electron chi connectivity index (χ1n) is 7.87. The first-order chi connectivity index (χ1) is 9.19. The average molecular weight is 268 g/mol. The zero-order chi connectivity index (χ0) is 13.7. The van der Waals surface area contributed by atoms with Crippen LogP contribution in [-0.2, 0) is 4.79 Å². The average Bonchev–Trinajstić information content (AvgIpc) is 2.89. The maximum absolute atomic E-state index is 11.3. The fourth-order valence-corrected chi connectivity index (χ4v) is 3.56. The molecule has 1 aliphatic carbocycles. The molecule has 2 fully saturated rings. The highest BCUT2D eigenvalue weighted by atomic mass is 16.4. The molecule has 4 heteroatoms. The van der Waals surface area contributed by atoms with E-state index >= 15 is 0 Å². The zero-order valence-electron chi connectivity index (χ0n) is 12.1. The predicted molar refractivity (Wildman–Crippen MR) is 76.2 cm³/mol. The molecule has 1 saturated heterocycles. The van der Waals surface area contributed by atoms with E-state index in [4.69, 9.17) is 0 Å². The topological polar surface area (TPSA) is 52.6 Å². The number of piperidine rings is 1. The highest BCUT2D eigenvalue weighted by Crippen LogP contribution is 2.24. The van der Waals surface area contributed by atoms with Crippen LogP contribution in [0.3, 0.4) is 0 Å². The molecule has 1 aliphatic heterocycles. The lowest BCUT2D eigenvalue weighted by Gasteiger charge is -2.37. The summed E-state index contributed by atoms with van der Waals surface area (Å²) >= 11 is 0. The lowest BCUT2D eigenvalue weighted by molar-refractivity contribution is -0.144. The number of hydrogen-bond acceptors (Lipinski definition) is 3. The Hall–Kier alpha value is -0.610. The molecule has 19 heavy (non-hydrogen) atoms.